The van der Waals surface area contributed by atoms with Crippen molar-refractivity contribution in [1.29, 1.82) is 0 Å². The zero-order valence-electron chi connectivity index (χ0n) is 20.6. The van der Waals surface area contributed by atoms with Crippen molar-refractivity contribution in [2.75, 3.05) is 52.6 Å². The molecule has 0 aliphatic carbocycles. The summed E-state index contributed by atoms with van der Waals surface area (Å²) in [4.78, 5) is 29.3. The third kappa shape index (κ3) is 5.61. The molecule has 2 aromatic rings. The quantitative estimate of drug-likeness (QED) is 0.228. The van der Waals surface area contributed by atoms with Crippen LogP contribution in [0.3, 0.4) is 0 Å². The molecule has 190 valence electrons. The summed E-state index contributed by atoms with van der Waals surface area (Å²) in [6.45, 7) is 10.6. The number of carbonyl (C=O) groups excluding carboxylic acids is 2. The smallest absolute Gasteiger partial charge is 0.295 e. The monoisotopic (exact) mass is 493 g/mol. The Bertz CT molecular complexity index is 1100. The maximum absolute atomic E-state index is 13.2. The zero-order valence-corrected chi connectivity index (χ0v) is 20.6. The van der Waals surface area contributed by atoms with Crippen LogP contribution in [-0.4, -0.2) is 74.3 Å². The highest BCUT2D eigenvalue weighted by Crippen LogP contribution is 2.39. The lowest BCUT2D eigenvalue weighted by Gasteiger charge is -2.29. The van der Waals surface area contributed by atoms with Crippen molar-refractivity contribution in [2.45, 2.75) is 13.0 Å². The second-order valence-electron chi connectivity index (χ2n) is 8.73. The summed E-state index contributed by atoms with van der Waals surface area (Å²) < 4.78 is 16.5. The molecular weight excluding hydrogens is 460 g/mol. The normalized spacial score (nSPS) is 19.9. The standard InChI is InChI=1S/C28H32N2O6/c1-3-17-36-23-9-5-20(6-10-23)25-24(26(31)21-7-11-22(12-8-21)35-4-2)27(32)28(33)30(25)14-13-29-15-18-34-19-16-29/h3,5-12,25,31H,1,4,13-19H2,2H3/p+1/t25-/m0/s1. The lowest BCUT2D eigenvalue weighted by atomic mass is 9.95. The first-order valence-corrected chi connectivity index (χ1v) is 12.3. The van der Waals surface area contributed by atoms with Gasteiger partial charge in [0.25, 0.3) is 11.7 Å². The first-order valence-electron chi connectivity index (χ1n) is 12.3. The van der Waals surface area contributed by atoms with E-state index >= 15 is 0 Å². The Balaban J connectivity index is 1.69. The van der Waals surface area contributed by atoms with Gasteiger partial charge in [0.05, 0.1) is 44.5 Å². The number of nitrogens with one attached hydrogen (secondary N) is 1. The number of ketones is 1. The molecular formula is C28H33N2O6+. The fourth-order valence-corrected chi connectivity index (χ4v) is 4.58. The molecule has 0 unspecified atom stereocenters. The van der Waals surface area contributed by atoms with Crippen LogP contribution in [0.5, 0.6) is 11.5 Å². The van der Waals surface area contributed by atoms with Gasteiger partial charge in [0.15, 0.2) is 0 Å². The van der Waals surface area contributed by atoms with E-state index in [1.165, 1.54) is 4.90 Å². The van der Waals surface area contributed by atoms with E-state index in [0.717, 1.165) is 18.7 Å². The molecule has 36 heavy (non-hydrogen) atoms. The first kappa shape index (κ1) is 25.5. The number of amides is 1. The number of hydrogen-bond acceptors (Lipinski definition) is 6. The van der Waals surface area contributed by atoms with Crippen LogP contribution in [-0.2, 0) is 14.3 Å². The molecule has 2 saturated heterocycles. The summed E-state index contributed by atoms with van der Waals surface area (Å²) in [5.74, 6) is -0.174. The molecule has 4 rings (SSSR count). The zero-order chi connectivity index (χ0) is 25.5. The number of quaternary nitrogens is 1. The number of carbonyl (C=O) groups is 2. The summed E-state index contributed by atoms with van der Waals surface area (Å²) in [6, 6.07) is 13.4. The van der Waals surface area contributed by atoms with E-state index < -0.39 is 17.7 Å². The summed E-state index contributed by atoms with van der Waals surface area (Å²) in [7, 11) is 0. The fourth-order valence-electron chi connectivity index (χ4n) is 4.58. The van der Waals surface area contributed by atoms with Gasteiger partial charge in [0.2, 0.25) is 0 Å². The van der Waals surface area contributed by atoms with Crippen LogP contribution in [0.2, 0.25) is 0 Å². The van der Waals surface area contributed by atoms with Crippen molar-refractivity contribution < 1.29 is 33.8 Å². The van der Waals surface area contributed by atoms with Gasteiger partial charge in [-0.3, -0.25) is 9.59 Å². The van der Waals surface area contributed by atoms with Crippen molar-refractivity contribution >= 4 is 17.4 Å². The molecule has 0 saturated carbocycles. The highest BCUT2D eigenvalue weighted by atomic mass is 16.5. The van der Waals surface area contributed by atoms with Crippen LogP contribution in [0.1, 0.15) is 24.1 Å². The maximum Gasteiger partial charge on any atom is 0.295 e. The van der Waals surface area contributed by atoms with Crippen LogP contribution in [0.25, 0.3) is 5.76 Å². The third-order valence-electron chi connectivity index (χ3n) is 6.45. The highest BCUT2D eigenvalue weighted by Gasteiger charge is 2.46. The van der Waals surface area contributed by atoms with Gasteiger partial charge in [-0.2, -0.15) is 0 Å². The van der Waals surface area contributed by atoms with Gasteiger partial charge in [0.1, 0.15) is 37.0 Å². The Labute approximate surface area is 211 Å². The van der Waals surface area contributed by atoms with Crippen LogP contribution in [0.15, 0.2) is 66.8 Å². The minimum absolute atomic E-state index is 0.0842. The van der Waals surface area contributed by atoms with Crippen LogP contribution in [0.4, 0.5) is 0 Å². The Kier molecular flexibility index (Phi) is 8.40. The van der Waals surface area contributed by atoms with Gasteiger partial charge >= 0.3 is 0 Å². The molecule has 2 aliphatic heterocycles. The molecule has 8 nitrogen and oxygen atoms in total. The van der Waals surface area contributed by atoms with Gasteiger partial charge < -0.3 is 29.1 Å². The van der Waals surface area contributed by atoms with Gasteiger partial charge in [0, 0.05) is 5.56 Å². The summed E-state index contributed by atoms with van der Waals surface area (Å²) in [6.07, 6.45) is 1.66. The predicted octanol–water partition coefficient (Wildman–Crippen LogP) is 1.99. The minimum Gasteiger partial charge on any atom is -0.507 e. The van der Waals surface area contributed by atoms with E-state index in [0.29, 0.717) is 56.6 Å². The van der Waals surface area contributed by atoms with E-state index in [1.54, 1.807) is 47.4 Å². The van der Waals surface area contributed by atoms with E-state index in [1.807, 2.05) is 19.1 Å². The number of aliphatic hydroxyl groups excluding tert-OH is 1. The van der Waals surface area contributed by atoms with Crippen LogP contribution in [0, 0.1) is 0 Å². The van der Waals surface area contributed by atoms with E-state index in [4.69, 9.17) is 14.2 Å². The van der Waals surface area contributed by atoms with Gasteiger partial charge in [-0.1, -0.05) is 24.8 Å². The molecule has 8 heteroatoms. The highest BCUT2D eigenvalue weighted by molar-refractivity contribution is 6.46. The lowest BCUT2D eigenvalue weighted by Crippen LogP contribution is -3.14. The van der Waals surface area contributed by atoms with Crippen molar-refractivity contribution in [3.05, 3.63) is 77.9 Å². The number of morpholine rings is 1. The average Bonchev–Trinajstić information content (AvgIpc) is 3.16. The van der Waals surface area contributed by atoms with Crippen molar-refractivity contribution in [2.24, 2.45) is 0 Å². The second-order valence-corrected chi connectivity index (χ2v) is 8.73. The van der Waals surface area contributed by atoms with Crippen LogP contribution >= 0.6 is 0 Å². The van der Waals surface area contributed by atoms with Gasteiger partial charge in [-0.15, -0.1) is 0 Å². The van der Waals surface area contributed by atoms with Crippen molar-refractivity contribution in [3.8, 4) is 11.5 Å². The SMILES string of the molecule is C=CCOc1ccc([C@H]2C(=C(O)c3ccc(OCC)cc3)C(=O)C(=O)N2CC[NH+]2CCOCC2)cc1. The predicted molar refractivity (Wildman–Crippen MR) is 135 cm³/mol. The topological polar surface area (TPSA) is 89.7 Å². The Morgan fingerprint density at radius 2 is 1.72 bits per heavy atom. The number of aliphatic hydroxyl groups is 1. The van der Waals surface area contributed by atoms with Gasteiger partial charge in [-0.05, 0) is 48.9 Å². The number of rotatable bonds is 10. The molecule has 2 aliphatic rings. The second kappa shape index (κ2) is 11.9. The molecule has 1 amide bonds. The maximum atomic E-state index is 13.2. The molecule has 0 radical (unpaired) electrons. The number of Topliss-reactive ketones (excluding diaryl/α,β-unsaturated/α-hetero) is 1. The Morgan fingerprint density at radius 1 is 1.08 bits per heavy atom. The lowest BCUT2D eigenvalue weighted by molar-refractivity contribution is -0.907. The summed E-state index contributed by atoms with van der Waals surface area (Å²) >= 11 is 0. The third-order valence-corrected chi connectivity index (χ3v) is 6.45. The molecule has 2 N–H and O–H groups in total. The Hall–Kier alpha value is -3.62. The number of hydrogen-bond donors (Lipinski definition) is 2. The van der Waals surface area contributed by atoms with E-state index in [2.05, 4.69) is 6.58 Å². The molecule has 2 fully saturated rings. The molecule has 0 spiro atoms. The Morgan fingerprint density at radius 3 is 2.36 bits per heavy atom. The van der Waals surface area contributed by atoms with E-state index in [9.17, 15) is 14.7 Å². The number of likely N-dealkylation sites (tertiary alicyclic amines) is 1. The minimum atomic E-state index is -0.703. The fraction of sp³-hybridized carbons (Fsp3) is 0.357. The molecule has 2 aromatic carbocycles. The molecule has 0 aromatic heterocycles. The summed E-state index contributed by atoms with van der Waals surface area (Å²) in [5, 5.41) is 11.2. The number of nitrogens with zero attached hydrogens (tertiary/aromatic N) is 1. The van der Waals surface area contributed by atoms with E-state index in [-0.39, 0.29) is 11.3 Å². The van der Waals surface area contributed by atoms with Crippen molar-refractivity contribution in [3.63, 3.8) is 0 Å². The van der Waals surface area contributed by atoms with Gasteiger partial charge in [-0.25, -0.2) is 0 Å². The average molecular weight is 494 g/mol. The largest absolute Gasteiger partial charge is 0.507 e. The number of ether oxygens (including phenoxy) is 3. The number of benzene rings is 2. The molecule has 2 heterocycles. The first-order chi connectivity index (χ1) is 17.5. The van der Waals surface area contributed by atoms with Crippen molar-refractivity contribution in [1.82, 2.24) is 4.90 Å². The summed E-state index contributed by atoms with van der Waals surface area (Å²) in [5.41, 5.74) is 1.26. The molecule has 1 atom stereocenters. The van der Waals surface area contributed by atoms with Crippen LogP contribution < -0.4 is 14.4 Å². The molecule has 0 bridgehead atoms.